The molecule has 0 aromatic heterocycles. The Morgan fingerprint density at radius 3 is 2.62 bits per heavy atom. The van der Waals surface area contributed by atoms with E-state index in [0.717, 1.165) is 6.54 Å². The summed E-state index contributed by atoms with van der Waals surface area (Å²) in [6.07, 6.45) is 4.23. The van der Waals surface area contributed by atoms with Gasteiger partial charge in [0.15, 0.2) is 0 Å². The molecule has 0 saturated carbocycles. The lowest BCUT2D eigenvalue weighted by Gasteiger charge is -2.08. The minimum absolute atomic E-state index is 0.449. The van der Waals surface area contributed by atoms with Crippen molar-refractivity contribution < 1.29 is 0 Å². The Balaban J connectivity index is 2.35. The maximum atomic E-state index is 3.41. The van der Waals surface area contributed by atoms with Crippen LogP contribution in [-0.2, 0) is 6.54 Å². The molecule has 0 bridgehead atoms. The number of benzene rings is 1. The molecule has 1 aromatic carbocycles. The Hall–Kier alpha value is -1.08. The number of allylic oxidation sites excluding steroid dienone is 1. The van der Waals surface area contributed by atoms with Gasteiger partial charge in [-0.2, -0.15) is 0 Å². The largest absolute Gasteiger partial charge is 0.307 e. The van der Waals surface area contributed by atoms with Gasteiger partial charge >= 0.3 is 0 Å². The molecule has 1 rings (SSSR count). The van der Waals surface area contributed by atoms with Crippen LogP contribution in [0.5, 0.6) is 0 Å². The highest BCUT2D eigenvalue weighted by Crippen LogP contribution is 1.98. The fourth-order valence-electron chi connectivity index (χ4n) is 1.23. The van der Waals surface area contributed by atoms with Crippen LogP contribution in [0.15, 0.2) is 42.5 Å². The van der Waals surface area contributed by atoms with Crippen molar-refractivity contribution >= 4 is 0 Å². The van der Waals surface area contributed by atoms with Crippen molar-refractivity contribution in [3.8, 4) is 0 Å². The molecule has 13 heavy (non-hydrogen) atoms. The first-order valence-electron chi connectivity index (χ1n) is 4.73. The minimum Gasteiger partial charge on any atom is -0.307 e. The van der Waals surface area contributed by atoms with Crippen LogP contribution in [0.3, 0.4) is 0 Å². The fraction of sp³-hybridized carbons (Fsp3) is 0.333. The van der Waals surface area contributed by atoms with E-state index in [2.05, 4.69) is 48.7 Å². The van der Waals surface area contributed by atoms with Crippen LogP contribution in [0.4, 0.5) is 0 Å². The van der Waals surface area contributed by atoms with E-state index in [9.17, 15) is 0 Å². The number of rotatable bonds is 4. The zero-order chi connectivity index (χ0) is 9.52. The molecule has 0 spiro atoms. The molecule has 0 heterocycles. The molecular formula is C12H17N. The maximum absolute atomic E-state index is 3.41. The summed E-state index contributed by atoms with van der Waals surface area (Å²) in [5, 5.41) is 3.41. The Bertz CT molecular complexity index is 251. The second-order valence-corrected chi connectivity index (χ2v) is 3.18. The van der Waals surface area contributed by atoms with E-state index in [1.807, 2.05) is 13.0 Å². The summed E-state index contributed by atoms with van der Waals surface area (Å²) in [7, 11) is 0. The minimum atomic E-state index is 0.449. The van der Waals surface area contributed by atoms with Crippen LogP contribution < -0.4 is 5.32 Å². The predicted molar refractivity (Wildman–Crippen MR) is 57.6 cm³/mol. The molecule has 1 N–H and O–H groups in total. The van der Waals surface area contributed by atoms with Gasteiger partial charge in [-0.3, -0.25) is 0 Å². The zero-order valence-electron chi connectivity index (χ0n) is 8.33. The average molecular weight is 175 g/mol. The summed E-state index contributed by atoms with van der Waals surface area (Å²) in [5.41, 5.74) is 1.33. The van der Waals surface area contributed by atoms with Crippen molar-refractivity contribution in [3.05, 3.63) is 48.0 Å². The van der Waals surface area contributed by atoms with Gasteiger partial charge in [0, 0.05) is 12.6 Å². The smallest absolute Gasteiger partial charge is 0.0224 e. The van der Waals surface area contributed by atoms with Gasteiger partial charge in [-0.1, -0.05) is 42.5 Å². The fourth-order valence-corrected chi connectivity index (χ4v) is 1.23. The molecular weight excluding hydrogens is 158 g/mol. The Kier molecular flexibility index (Phi) is 4.27. The highest BCUT2D eigenvalue weighted by atomic mass is 14.9. The number of nitrogens with one attached hydrogen (secondary N) is 1. The average Bonchev–Trinajstić information content (AvgIpc) is 2.17. The Morgan fingerprint density at radius 1 is 1.31 bits per heavy atom. The van der Waals surface area contributed by atoms with Crippen molar-refractivity contribution in [2.45, 2.75) is 26.4 Å². The first-order chi connectivity index (χ1) is 6.33. The van der Waals surface area contributed by atoms with E-state index < -0.39 is 0 Å². The van der Waals surface area contributed by atoms with E-state index in [1.165, 1.54) is 5.56 Å². The summed E-state index contributed by atoms with van der Waals surface area (Å²) in [6, 6.07) is 10.9. The summed E-state index contributed by atoms with van der Waals surface area (Å²) < 4.78 is 0. The van der Waals surface area contributed by atoms with Gasteiger partial charge in [0.1, 0.15) is 0 Å². The molecule has 1 heteroatoms. The van der Waals surface area contributed by atoms with Gasteiger partial charge in [0.05, 0.1) is 0 Å². The SMILES string of the molecule is C/C=C/C(C)NCc1ccccc1. The quantitative estimate of drug-likeness (QED) is 0.694. The van der Waals surface area contributed by atoms with Crippen LogP contribution in [0.1, 0.15) is 19.4 Å². The molecule has 1 nitrogen and oxygen atoms in total. The molecule has 1 unspecified atom stereocenters. The number of hydrogen-bond acceptors (Lipinski definition) is 1. The molecule has 0 aliphatic carbocycles. The van der Waals surface area contributed by atoms with Gasteiger partial charge in [0.2, 0.25) is 0 Å². The normalized spacial score (nSPS) is 13.4. The first kappa shape index (κ1) is 10.0. The summed E-state index contributed by atoms with van der Waals surface area (Å²) in [4.78, 5) is 0. The molecule has 1 aromatic rings. The molecule has 0 amide bonds. The molecule has 1 atom stereocenters. The second-order valence-electron chi connectivity index (χ2n) is 3.18. The second kappa shape index (κ2) is 5.55. The van der Waals surface area contributed by atoms with Crippen LogP contribution >= 0.6 is 0 Å². The summed E-state index contributed by atoms with van der Waals surface area (Å²) >= 11 is 0. The van der Waals surface area contributed by atoms with E-state index in [-0.39, 0.29) is 0 Å². The zero-order valence-corrected chi connectivity index (χ0v) is 8.33. The van der Waals surface area contributed by atoms with Gasteiger partial charge in [-0.15, -0.1) is 0 Å². The topological polar surface area (TPSA) is 12.0 Å². The lowest BCUT2D eigenvalue weighted by atomic mass is 10.2. The van der Waals surface area contributed by atoms with Crippen LogP contribution in [0.2, 0.25) is 0 Å². The number of hydrogen-bond donors (Lipinski definition) is 1. The molecule has 0 fully saturated rings. The van der Waals surface area contributed by atoms with Crippen molar-refractivity contribution in [1.82, 2.24) is 5.32 Å². The molecule has 0 aliphatic rings. The summed E-state index contributed by atoms with van der Waals surface area (Å²) in [5.74, 6) is 0. The first-order valence-corrected chi connectivity index (χ1v) is 4.73. The molecule has 70 valence electrons. The van der Waals surface area contributed by atoms with Crippen LogP contribution in [0.25, 0.3) is 0 Å². The van der Waals surface area contributed by atoms with E-state index in [4.69, 9.17) is 0 Å². The van der Waals surface area contributed by atoms with Crippen molar-refractivity contribution in [2.24, 2.45) is 0 Å². The third kappa shape index (κ3) is 3.90. The van der Waals surface area contributed by atoms with E-state index in [1.54, 1.807) is 0 Å². The van der Waals surface area contributed by atoms with Gasteiger partial charge < -0.3 is 5.32 Å². The van der Waals surface area contributed by atoms with Crippen molar-refractivity contribution in [3.63, 3.8) is 0 Å². The third-order valence-corrected chi connectivity index (χ3v) is 1.95. The van der Waals surface area contributed by atoms with Crippen LogP contribution in [0, 0.1) is 0 Å². The standard InChI is InChI=1S/C12H17N/c1-3-7-11(2)13-10-12-8-5-4-6-9-12/h3-9,11,13H,10H2,1-2H3/b7-3+. The Labute approximate surface area is 80.5 Å². The van der Waals surface area contributed by atoms with Crippen LogP contribution in [-0.4, -0.2) is 6.04 Å². The van der Waals surface area contributed by atoms with E-state index in [0.29, 0.717) is 6.04 Å². The van der Waals surface area contributed by atoms with Crippen molar-refractivity contribution in [1.29, 1.82) is 0 Å². The maximum Gasteiger partial charge on any atom is 0.0224 e. The van der Waals surface area contributed by atoms with Gasteiger partial charge in [-0.05, 0) is 19.4 Å². The Morgan fingerprint density at radius 2 is 2.00 bits per heavy atom. The lowest BCUT2D eigenvalue weighted by Crippen LogP contribution is -2.22. The highest BCUT2D eigenvalue weighted by molar-refractivity contribution is 5.14. The molecule has 0 saturated heterocycles. The third-order valence-electron chi connectivity index (χ3n) is 1.95. The van der Waals surface area contributed by atoms with Gasteiger partial charge in [0.25, 0.3) is 0 Å². The molecule has 0 aliphatic heterocycles. The predicted octanol–water partition coefficient (Wildman–Crippen LogP) is 2.74. The monoisotopic (exact) mass is 175 g/mol. The highest BCUT2D eigenvalue weighted by Gasteiger charge is 1.94. The lowest BCUT2D eigenvalue weighted by molar-refractivity contribution is 0.633. The molecule has 0 radical (unpaired) electrons. The van der Waals surface area contributed by atoms with Gasteiger partial charge in [-0.25, -0.2) is 0 Å². The van der Waals surface area contributed by atoms with Crippen molar-refractivity contribution in [2.75, 3.05) is 0 Å². The summed E-state index contributed by atoms with van der Waals surface area (Å²) in [6.45, 7) is 5.13. The van der Waals surface area contributed by atoms with E-state index >= 15 is 0 Å².